The minimum Gasteiger partial charge on any atom is -0.223 e. The van der Waals surface area contributed by atoms with Crippen LogP contribution < -0.4 is 0 Å². The number of nitrogens with zero attached hydrogens (tertiary/aromatic N) is 1. The zero-order valence-electron chi connectivity index (χ0n) is 8.25. The Morgan fingerprint density at radius 1 is 1.00 bits per heavy atom. The van der Waals surface area contributed by atoms with Crippen molar-refractivity contribution in [3.63, 3.8) is 0 Å². The van der Waals surface area contributed by atoms with E-state index in [0.29, 0.717) is 22.2 Å². The Labute approximate surface area is 100 Å². The number of rotatable bonds is 2. The highest BCUT2D eigenvalue weighted by Crippen LogP contribution is 2.26. The number of benzene rings is 1. The molecule has 4 heteroatoms. The second-order valence-electron chi connectivity index (χ2n) is 3.24. The zero-order chi connectivity index (χ0) is 11.5. The Balaban J connectivity index is 2.60. The number of alkyl halides is 1. The Morgan fingerprint density at radius 3 is 2.44 bits per heavy atom. The molecule has 1 aromatic carbocycles. The first-order chi connectivity index (χ1) is 7.72. The SMILES string of the molecule is Fc1ccc(-c2ccccc2F)c(CBr)n1. The van der Waals surface area contributed by atoms with Crippen LogP contribution in [0.15, 0.2) is 36.4 Å². The van der Waals surface area contributed by atoms with Crippen molar-refractivity contribution in [3.05, 3.63) is 53.9 Å². The minimum absolute atomic E-state index is 0.335. The van der Waals surface area contributed by atoms with Gasteiger partial charge in [-0.15, -0.1) is 0 Å². The van der Waals surface area contributed by atoms with Gasteiger partial charge in [-0.05, 0) is 18.2 Å². The first-order valence-corrected chi connectivity index (χ1v) is 5.81. The molecule has 1 heterocycles. The van der Waals surface area contributed by atoms with E-state index in [9.17, 15) is 8.78 Å². The molecule has 0 atom stereocenters. The molecule has 0 radical (unpaired) electrons. The van der Waals surface area contributed by atoms with Crippen molar-refractivity contribution in [2.75, 3.05) is 0 Å². The fraction of sp³-hybridized carbons (Fsp3) is 0.0833. The summed E-state index contributed by atoms with van der Waals surface area (Å²) in [7, 11) is 0. The third-order valence-corrected chi connectivity index (χ3v) is 2.76. The van der Waals surface area contributed by atoms with Crippen LogP contribution in [-0.2, 0) is 5.33 Å². The average Bonchev–Trinajstić information content (AvgIpc) is 2.30. The molecule has 2 rings (SSSR count). The summed E-state index contributed by atoms with van der Waals surface area (Å²) < 4.78 is 26.5. The highest BCUT2D eigenvalue weighted by atomic mass is 79.9. The molecule has 0 amide bonds. The summed E-state index contributed by atoms with van der Waals surface area (Å²) >= 11 is 3.21. The minimum atomic E-state index is -0.561. The maximum atomic E-state index is 13.6. The molecule has 0 aliphatic rings. The molecule has 82 valence electrons. The van der Waals surface area contributed by atoms with Crippen LogP contribution in [0, 0.1) is 11.8 Å². The smallest absolute Gasteiger partial charge is 0.213 e. The van der Waals surface area contributed by atoms with Crippen LogP contribution in [0.1, 0.15) is 5.69 Å². The van der Waals surface area contributed by atoms with Gasteiger partial charge in [-0.3, -0.25) is 0 Å². The van der Waals surface area contributed by atoms with Crippen LogP contribution in [0.4, 0.5) is 8.78 Å². The Hall–Kier alpha value is -1.29. The van der Waals surface area contributed by atoms with Gasteiger partial charge in [0.05, 0.1) is 5.69 Å². The quantitative estimate of drug-likeness (QED) is 0.601. The third kappa shape index (κ3) is 2.11. The lowest BCUT2D eigenvalue weighted by molar-refractivity contribution is 0.579. The normalized spacial score (nSPS) is 10.4. The van der Waals surface area contributed by atoms with Crippen LogP contribution in [0.2, 0.25) is 0 Å². The van der Waals surface area contributed by atoms with Gasteiger partial charge in [0.1, 0.15) is 5.82 Å². The molecule has 1 aromatic heterocycles. The molecule has 16 heavy (non-hydrogen) atoms. The predicted octanol–water partition coefficient (Wildman–Crippen LogP) is 3.92. The molecular weight excluding hydrogens is 276 g/mol. The topological polar surface area (TPSA) is 12.9 Å². The van der Waals surface area contributed by atoms with Crippen LogP contribution in [-0.4, -0.2) is 4.98 Å². The molecular formula is C12H8BrF2N. The fourth-order valence-electron chi connectivity index (χ4n) is 1.50. The van der Waals surface area contributed by atoms with Gasteiger partial charge in [-0.2, -0.15) is 4.39 Å². The van der Waals surface area contributed by atoms with Crippen molar-refractivity contribution >= 4 is 15.9 Å². The molecule has 0 bridgehead atoms. The van der Waals surface area contributed by atoms with Gasteiger partial charge in [0.2, 0.25) is 5.95 Å². The average molecular weight is 284 g/mol. The molecule has 1 nitrogen and oxygen atoms in total. The summed E-state index contributed by atoms with van der Waals surface area (Å²) in [6.45, 7) is 0. The highest BCUT2D eigenvalue weighted by Gasteiger charge is 2.10. The molecule has 0 spiro atoms. The van der Waals surface area contributed by atoms with E-state index in [2.05, 4.69) is 20.9 Å². The van der Waals surface area contributed by atoms with E-state index in [-0.39, 0.29) is 5.82 Å². The Bertz CT molecular complexity index is 514. The Kier molecular flexibility index (Phi) is 3.29. The maximum absolute atomic E-state index is 13.6. The monoisotopic (exact) mass is 283 g/mol. The second-order valence-corrected chi connectivity index (χ2v) is 3.80. The van der Waals surface area contributed by atoms with Crippen molar-refractivity contribution in [3.8, 4) is 11.1 Å². The van der Waals surface area contributed by atoms with Gasteiger partial charge < -0.3 is 0 Å². The first kappa shape index (κ1) is 11.2. The number of hydrogen-bond donors (Lipinski definition) is 0. The molecule has 2 aromatic rings. The van der Waals surface area contributed by atoms with Crippen molar-refractivity contribution < 1.29 is 8.78 Å². The van der Waals surface area contributed by atoms with Gasteiger partial charge in [0, 0.05) is 16.5 Å². The van der Waals surface area contributed by atoms with Gasteiger partial charge in [0.25, 0.3) is 0 Å². The van der Waals surface area contributed by atoms with Crippen LogP contribution in [0.25, 0.3) is 11.1 Å². The van der Waals surface area contributed by atoms with E-state index >= 15 is 0 Å². The Morgan fingerprint density at radius 2 is 1.75 bits per heavy atom. The zero-order valence-corrected chi connectivity index (χ0v) is 9.84. The van der Waals surface area contributed by atoms with Crippen LogP contribution >= 0.6 is 15.9 Å². The highest BCUT2D eigenvalue weighted by molar-refractivity contribution is 9.08. The van der Waals surface area contributed by atoms with Crippen molar-refractivity contribution in [1.82, 2.24) is 4.98 Å². The van der Waals surface area contributed by atoms with Crippen LogP contribution in [0.3, 0.4) is 0 Å². The van der Waals surface area contributed by atoms with E-state index in [4.69, 9.17) is 0 Å². The standard InChI is InChI=1S/C12H8BrF2N/c13-7-11-9(5-6-12(15)16-11)8-3-1-2-4-10(8)14/h1-6H,7H2. The summed E-state index contributed by atoms with van der Waals surface area (Å²) in [5.74, 6) is -0.896. The second kappa shape index (κ2) is 4.70. The third-order valence-electron chi connectivity index (χ3n) is 2.23. The van der Waals surface area contributed by atoms with Gasteiger partial charge >= 0.3 is 0 Å². The van der Waals surface area contributed by atoms with Gasteiger partial charge in [-0.25, -0.2) is 9.37 Å². The lowest BCUT2D eigenvalue weighted by Gasteiger charge is -2.07. The summed E-state index contributed by atoms with van der Waals surface area (Å²) in [6, 6.07) is 9.14. The van der Waals surface area contributed by atoms with E-state index in [0.717, 1.165) is 0 Å². The van der Waals surface area contributed by atoms with Crippen LogP contribution in [0.5, 0.6) is 0 Å². The van der Waals surface area contributed by atoms with Crippen molar-refractivity contribution in [1.29, 1.82) is 0 Å². The van der Waals surface area contributed by atoms with Gasteiger partial charge in [0.15, 0.2) is 0 Å². The fourth-order valence-corrected chi connectivity index (χ4v) is 1.93. The van der Waals surface area contributed by atoms with E-state index in [1.165, 1.54) is 18.2 Å². The van der Waals surface area contributed by atoms with E-state index < -0.39 is 5.95 Å². The van der Waals surface area contributed by atoms with E-state index in [1.54, 1.807) is 18.2 Å². The number of pyridine rings is 1. The molecule has 0 unspecified atom stereocenters. The van der Waals surface area contributed by atoms with E-state index in [1.807, 2.05) is 0 Å². The summed E-state index contributed by atoms with van der Waals surface area (Å²) in [5.41, 5.74) is 1.53. The predicted molar refractivity (Wildman–Crippen MR) is 62.2 cm³/mol. The summed E-state index contributed by atoms with van der Waals surface area (Å²) in [5, 5.41) is 0.383. The number of halogens is 3. The van der Waals surface area contributed by atoms with Crippen molar-refractivity contribution in [2.24, 2.45) is 0 Å². The van der Waals surface area contributed by atoms with Gasteiger partial charge in [-0.1, -0.05) is 34.1 Å². The largest absolute Gasteiger partial charge is 0.223 e. The maximum Gasteiger partial charge on any atom is 0.213 e. The number of aromatic nitrogens is 1. The molecule has 0 saturated carbocycles. The number of hydrogen-bond acceptors (Lipinski definition) is 1. The first-order valence-electron chi connectivity index (χ1n) is 4.68. The molecule has 0 fully saturated rings. The summed E-state index contributed by atoms with van der Waals surface area (Å²) in [6.07, 6.45) is 0. The molecule has 0 saturated heterocycles. The van der Waals surface area contributed by atoms with Crippen molar-refractivity contribution in [2.45, 2.75) is 5.33 Å². The molecule has 0 aliphatic carbocycles. The lowest BCUT2D eigenvalue weighted by atomic mass is 10.0. The molecule has 0 N–H and O–H groups in total. The lowest BCUT2D eigenvalue weighted by Crippen LogP contribution is -1.95. The molecule has 0 aliphatic heterocycles. The summed E-state index contributed by atoms with van der Waals surface area (Å²) in [4.78, 5) is 3.73.